The zero-order valence-corrected chi connectivity index (χ0v) is 14.0. The van der Waals surface area contributed by atoms with Crippen LogP contribution in [0.25, 0.3) is 0 Å². The lowest BCUT2D eigenvalue weighted by atomic mass is 9.82. The van der Waals surface area contributed by atoms with Crippen molar-refractivity contribution >= 4 is 5.95 Å². The van der Waals surface area contributed by atoms with Crippen molar-refractivity contribution in [2.45, 2.75) is 73.0 Å². The van der Waals surface area contributed by atoms with E-state index < -0.39 is 0 Å². The molecular weight excluding hydrogens is 248 g/mol. The molecule has 0 aliphatic carbocycles. The fourth-order valence-electron chi connectivity index (χ4n) is 2.51. The van der Waals surface area contributed by atoms with Crippen LogP contribution >= 0.6 is 0 Å². The van der Waals surface area contributed by atoms with E-state index in [2.05, 4.69) is 69.1 Å². The molecular formula is C16H30N4. The molecule has 4 nitrogen and oxygen atoms in total. The molecule has 0 aromatic carbocycles. The Balaban J connectivity index is 2.53. The third-order valence-electron chi connectivity index (χ3n) is 2.87. The molecule has 4 heteroatoms. The normalized spacial score (nSPS) is 12.8. The minimum atomic E-state index is 0.104. The van der Waals surface area contributed by atoms with Crippen molar-refractivity contribution in [3.8, 4) is 0 Å². The molecule has 2 N–H and O–H groups in total. The predicted molar refractivity (Wildman–Crippen MR) is 85.8 cm³/mol. The van der Waals surface area contributed by atoms with E-state index in [4.69, 9.17) is 0 Å². The zero-order chi connectivity index (χ0) is 15.4. The van der Waals surface area contributed by atoms with Gasteiger partial charge in [-0.2, -0.15) is 0 Å². The summed E-state index contributed by atoms with van der Waals surface area (Å²) >= 11 is 0. The van der Waals surface area contributed by atoms with Gasteiger partial charge in [-0.25, -0.2) is 9.97 Å². The maximum Gasteiger partial charge on any atom is 0.222 e. The van der Waals surface area contributed by atoms with Crippen LogP contribution in [0.15, 0.2) is 12.4 Å². The average molecular weight is 278 g/mol. The lowest BCUT2D eigenvalue weighted by Gasteiger charge is -2.33. The summed E-state index contributed by atoms with van der Waals surface area (Å²) in [6.07, 6.45) is 4.89. The fraction of sp³-hybridized carbons (Fsp3) is 0.750. The molecule has 114 valence electrons. The summed E-state index contributed by atoms with van der Waals surface area (Å²) in [5, 5.41) is 6.78. The molecule has 0 spiro atoms. The second-order valence-corrected chi connectivity index (χ2v) is 7.69. The third kappa shape index (κ3) is 6.85. The van der Waals surface area contributed by atoms with Crippen LogP contribution in [0.2, 0.25) is 0 Å². The van der Waals surface area contributed by atoms with Gasteiger partial charge in [0.25, 0.3) is 0 Å². The molecule has 0 saturated carbocycles. The highest BCUT2D eigenvalue weighted by Crippen LogP contribution is 2.26. The Hall–Kier alpha value is -1.16. The number of nitrogens with zero attached hydrogens (tertiary/aromatic N) is 2. The molecule has 0 radical (unpaired) electrons. The van der Waals surface area contributed by atoms with Crippen molar-refractivity contribution < 1.29 is 0 Å². The Morgan fingerprint density at radius 2 is 1.60 bits per heavy atom. The number of anilines is 1. The van der Waals surface area contributed by atoms with E-state index in [0.717, 1.165) is 18.5 Å². The molecule has 0 aliphatic heterocycles. The Labute approximate surface area is 123 Å². The predicted octanol–water partition coefficient (Wildman–Crippen LogP) is 3.60. The third-order valence-corrected chi connectivity index (χ3v) is 2.87. The first-order chi connectivity index (χ1) is 9.07. The minimum absolute atomic E-state index is 0.104. The summed E-state index contributed by atoms with van der Waals surface area (Å²) in [5.41, 5.74) is 1.53. The van der Waals surface area contributed by atoms with Crippen LogP contribution in [0.3, 0.4) is 0 Å². The van der Waals surface area contributed by atoms with E-state index in [1.54, 1.807) is 0 Å². The van der Waals surface area contributed by atoms with Gasteiger partial charge in [-0.15, -0.1) is 0 Å². The highest BCUT2D eigenvalue weighted by atomic mass is 15.1. The number of hydrogen-bond acceptors (Lipinski definition) is 4. The van der Waals surface area contributed by atoms with Crippen molar-refractivity contribution in [3.63, 3.8) is 0 Å². The van der Waals surface area contributed by atoms with Crippen molar-refractivity contribution in [1.29, 1.82) is 0 Å². The van der Waals surface area contributed by atoms with Crippen LogP contribution in [-0.2, 0) is 6.54 Å². The largest absolute Gasteiger partial charge is 0.352 e. The van der Waals surface area contributed by atoms with Crippen molar-refractivity contribution in [2.24, 2.45) is 5.41 Å². The minimum Gasteiger partial charge on any atom is -0.352 e. The molecule has 20 heavy (non-hydrogen) atoms. The summed E-state index contributed by atoms with van der Waals surface area (Å²) in [4.78, 5) is 8.66. The second-order valence-electron chi connectivity index (χ2n) is 7.69. The first kappa shape index (κ1) is 16.9. The van der Waals surface area contributed by atoms with Crippen LogP contribution in [-0.4, -0.2) is 21.5 Å². The van der Waals surface area contributed by atoms with Crippen LogP contribution < -0.4 is 10.6 Å². The average Bonchev–Trinajstić information content (AvgIpc) is 2.24. The molecule has 0 unspecified atom stereocenters. The highest BCUT2D eigenvalue weighted by molar-refractivity contribution is 5.25. The first-order valence-electron chi connectivity index (χ1n) is 7.40. The molecule has 0 atom stereocenters. The van der Waals surface area contributed by atoms with Crippen LogP contribution in [0, 0.1) is 5.41 Å². The molecule has 0 aliphatic rings. The Kier molecular flexibility index (Phi) is 5.51. The molecule has 1 aromatic heterocycles. The summed E-state index contributed by atoms with van der Waals surface area (Å²) in [5.74, 6) is 0.692. The van der Waals surface area contributed by atoms with Crippen LogP contribution in [0.4, 0.5) is 5.95 Å². The lowest BCUT2D eigenvalue weighted by Crippen LogP contribution is -2.41. The van der Waals surface area contributed by atoms with Crippen molar-refractivity contribution in [1.82, 2.24) is 15.3 Å². The van der Waals surface area contributed by atoms with Gasteiger partial charge in [0.1, 0.15) is 0 Å². The Morgan fingerprint density at radius 3 is 2.05 bits per heavy atom. The zero-order valence-electron chi connectivity index (χ0n) is 14.0. The smallest absolute Gasteiger partial charge is 0.222 e. The van der Waals surface area contributed by atoms with Gasteiger partial charge >= 0.3 is 0 Å². The number of aromatic nitrogens is 2. The standard InChI is InChI=1S/C16H30N4/c1-12(2)20-14-17-8-13(9-18-14)10-19-16(6,7)11-15(3,4)5/h8-9,12,19H,10-11H2,1-7H3,(H,17,18,20). The van der Waals surface area contributed by atoms with Gasteiger partial charge in [-0.3, -0.25) is 0 Å². The van der Waals surface area contributed by atoms with Gasteiger partial charge in [0, 0.05) is 36.1 Å². The van der Waals surface area contributed by atoms with E-state index in [1.807, 2.05) is 12.4 Å². The fourth-order valence-corrected chi connectivity index (χ4v) is 2.51. The van der Waals surface area contributed by atoms with Crippen LogP contribution in [0.5, 0.6) is 0 Å². The van der Waals surface area contributed by atoms with Crippen molar-refractivity contribution in [3.05, 3.63) is 18.0 Å². The quantitative estimate of drug-likeness (QED) is 0.834. The van der Waals surface area contributed by atoms with Gasteiger partial charge in [-0.05, 0) is 39.5 Å². The van der Waals surface area contributed by atoms with Gasteiger partial charge < -0.3 is 10.6 Å². The lowest BCUT2D eigenvalue weighted by molar-refractivity contribution is 0.240. The SMILES string of the molecule is CC(C)Nc1ncc(CNC(C)(C)CC(C)(C)C)cn1. The Morgan fingerprint density at radius 1 is 1.05 bits per heavy atom. The van der Waals surface area contributed by atoms with Gasteiger partial charge in [-0.1, -0.05) is 20.8 Å². The van der Waals surface area contributed by atoms with E-state index in [1.165, 1.54) is 0 Å². The van der Waals surface area contributed by atoms with E-state index >= 15 is 0 Å². The topological polar surface area (TPSA) is 49.8 Å². The summed E-state index contributed by atoms with van der Waals surface area (Å²) in [7, 11) is 0. The summed E-state index contributed by atoms with van der Waals surface area (Å²) in [6, 6.07) is 0.352. The maximum absolute atomic E-state index is 4.33. The maximum atomic E-state index is 4.33. The van der Waals surface area contributed by atoms with E-state index in [-0.39, 0.29) is 5.54 Å². The summed E-state index contributed by atoms with van der Waals surface area (Å²) in [6.45, 7) is 16.2. The molecule has 1 rings (SSSR count). The molecule has 0 amide bonds. The number of rotatable bonds is 6. The van der Waals surface area contributed by atoms with E-state index in [0.29, 0.717) is 17.4 Å². The molecule has 1 aromatic rings. The van der Waals surface area contributed by atoms with Crippen molar-refractivity contribution in [2.75, 3.05) is 5.32 Å². The number of nitrogens with one attached hydrogen (secondary N) is 2. The number of hydrogen-bond donors (Lipinski definition) is 2. The van der Waals surface area contributed by atoms with Gasteiger partial charge in [0.15, 0.2) is 0 Å². The second kappa shape index (κ2) is 6.53. The molecule has 0 bridgehead atoms. The highest BCUT2D eigenvalue weighted by Gasteiger charge is 2.24. The Bertz CT molecular complexity index is 401. The van der Waals surface area contributed by atoms with Crippen LogP contribution in [0.1, 0.15) is 60.5 Å². The molecule has 0 saturated heterocycles. The van der Waals surface area contributed by atoms with Gasteiger partial charge in [0.2, 0.25) is 5.95 Å². The molecule has 1 heterocycles. The van der Waals surface area contributed by atoms with E-state index in [9.17, 15) is 0 Å². The summed E-state index contributed by atoms with van der Waals surface area (Å²) < 4.78 is 0. The first-order valence-corrected chi connectivity index (χ1v) is 7.40. The van der Waals surface area contributed by atoms with Gasteiger partial charge in [0.05, 0.1) is 0 Å². The monoisotopic (exact) mass is 278 g/mol. The molecule has 0 fully saturated rings.